The van der Waals surface area contributed by atoms with Crippen LogP contribution in [0.5, 0.6) is 0 Å². The van der Waals surface area contributed by atoms with E-state index in [9.17, 15) is 9.18 Å². The molecule has 1 aromatic heterocycles. The van der Waals surface area contributed by atoms with E-state index in [1.165, 1.54) is 18.3 Å². The summed E-state index contributed by atoms with van der Waals surface area (Å²) in [5.41, 5.74) is -0.155. The van der Waals surface area contributed by atoms with Gasteiger partial charge in [0.25, 0.3) is 0 Å². The summed E-state index contributed by atoms with van der Waals surface area (Å²) in [5.74, 6) is -1.53. The Labute approximate surface area is 93.4 Å². The molecule has 4 nitrogen and oxygen atoms in total. The number of hydrogen-bond donors (Lipinski definition) is 0. The summed E-state index contributed by atoms with van der Waals surface area (Å²) in [5, 5.41) is 0. The number of halogens is 1. The molecular weight excluding hydrogens is 213 g/mol. The van der Waals surface area contributed by atoms with E-state index in [2.05, 4.69) is 4.98 Å². The van der Waals surface area contributed by atoms with E-state index >= 15 is 0 Å². The molecule has 0 fully saturated rings. The Bertz CT molecular complexity index is 344. The molecule has 0 unspecified atom stereocenters. The van der Waals surface area contributed by atoms with E-state index in [1.54, 1.807) is 0 Å². The second kappa shape index (κ2) is 6.90. The SMILES string of the molecule is CCCOCCOC(=O)c1cccnc1F. The Kier molecular flexibility index (Phi) is 5.42. The average Bonchev–Trinajstić information content (AvgIpc) is 2.29. The van der Waals surface area contributed by atoms with Gasteiger partial charge in [0, 0.05) is 12.8 Å². The van der Waals surface area contributed by atoms with Crippen molar-refractivity contribution in [1.29, 1.82) is 0 Å². The zero-order valence-electron chi connectivity index (χ0n) is 9.11. The van der Waals surface area contributed by atoms with Gasteiger partial charge in [0.05, 0.1) is 6.61 Å². The molecular formula is C11H14FNO3. The van der Waals surface area contributed by atoms with Crippen molar-refractivity contribution in [3.63, 3.8) is 0 Å². The van der Waals surface area contributed by atoms with Crippen molar-refractivity contribution in [2.45, 2.75) is 13.3 Å². The number of nitrogens with zero attached hydrogens (tertiary/aromatic N) is 1. The third-order valence-electron chi connectivity index (χ3n) is 1.79. The summed E-state index contributed by atoms with van der Waals surface area (Å²) in [6.07, 6.45) is 2.18. The largest absolute Gasteiger partial charge is 0.460 e. The maximum absolute atomic E-state index is 13.0. The fraction of sp³-hybridized carbons (Fsp3) is 0.455. The first-order chi connectivity index (χ1) is 7.75. The molecule has 0 aromatic carbocycles. The highest BCUT2D eigenvalue weighted by atomic mass is 19.1. The number of pyridine rings is 1. The van der Waals surface area contributed by atoms with Gasteiger partial charge in [0.2, 0.25) is 5.95 Å². The molecule has 0 radical (unpaired) electrons. The normalized spacial score (nSPS) is 10.1. The van der Waals surface area contributed by atoms with Crippen LogP contribution in [0.1, 0.15) is 23.7 Å². The van der Waals surface area contributed by atoms with Crippen LogP contribution in [0.3, 0.4) is 0 Å². The summed E-state index contributed by atoms with van der Waals surface area (Å²) < 4.78 is 23.0. The molecule has 0 saturated heterocycles. The van der Waals surface area contributed by atoms with Crippen molar-refractivity contribution in [3.8, 4) is 0 Å². The lowest BCUT2D eigenvalue weighted by atomic mass is 10.3. The predicted octanol–water partition coefficient (Wildman–Crippen LogP) is 1.80. The van der Waals surface area contributed by atoms with Crippen molar-refractivity contribution in [2.75, 3.05) is 19.8 Å². The van der Waals surface area contributed by atoms with E-state index in [0.29, 0.717) is 13.2 Å². The van der Waals surface area contributed by atoms with Gasteiger partial charge in [-0.3, -0.25) is 0 Å². The topological polar surface area (TPSA) is 48.4 Å². The zero-order chi connectivity index (χ0) is 11.8. The van der Waals surface area contributed by atoms with Crippen molar-refractivity contribution in [2.24, 2.45) is 0 Å². The maximum Gasteiger partial charge on any atom is 0.342 e. The molecule has 0 amide bonds. The average molecular weight is 227 g/mol. The molecule has 88 valence electrons. The monoisotopic (exact) mass is 227 g/mol. The third-order valence-corrected chi connectivity index (χ3v) is 1.79. The van der Waals surface area contributed by atoms with Gasteiger partial charge in [-0.25, -0.2) is 9.78 Å². The van der Waals surface area contributed by atoms with Gasteiger partial charge in [-0.1, -0.05) is 6.92 Å². The standard InChI is InChI=1S/C11H14FNO3/c1-2-6-15-7-8-16-11(14)9-4-3-5-13-10(9)12/h3-5H,2,6-8H2,1H3. The van der Waals surface area contributed by atoms with Gasteiger partial charge in [-0.2, -0.15) is 4.39 Å². The van der Waals surface area contributed by atoms with Gasteiger partial charge in [-0.05, 0) is 18.6 Å². The van der Waals surface area contributed by atoms with Crippen LogP contribution in [0.25, 0.3) is 0 Å². The number of aromatic nitrogens is 1. The molecule has 0 spiro atoms. The summed E-state index contributed by atoms with van der Waals surface area (Å²) in [6, 6.07) is 2.81. The highest BCUT2D eigenvalue weighted by Crippen LogP contribution is 2.04. The number of esters is 1. The molecule has 0 atom stereocenters. The first-order valence-electron chi connectivity index (χ1n) is 5.11. The van der Waals surface area contributed by atoms with Crippen molar-refractivity contribution in [3.05, 3.63) is 29.8 Å². The van der Waals surface area contributed by atoms with Crippen LogP contribution in [-0.4, -0.2) is 30.8 Å². The van der Waals surface area contributed by atoms with E-state index in [1.807, 2.05) is 6.92 Å². The Balaban J connectivity index is 2.33. The van der Waals surface area contributed by atoms with E-state index in [0.717, 1.165) is 6.42 Å². The third kappa shape index (κ3) is 3.94. The van der Waals surface area contributed by atoms with Crippen LogP contribution in [-0.2, 0) is 9.47 Å². The minimum absolute atomic E-state index is 0.118. The molecule has 0 saturated carbocycles. The highest BCUT2D eigenvalue weighted by molar-refractivity contribution is 5.89. The molecule has 1 heterocycles. The smallest absolute Gasteiger partial charge is 0.342 e. The Hall–Kier alpha value is -1.49. The van der Waals surface area contributed by atoms with Crippen LogP contribution in [0, 0.1) is 5.95 Å². The van der Waals surface area contributed by atoms with Gasteiger partial charge >= 0.3 is 5.97 Å². The summed E-state index contributed by atoms with van der Waals surface area (Å²) in [6.45, 7) is 3.05. The first kappa shape index (κ1) is 12.6. The molecule has 0 aliphatic carbocycles. The van der Waals surface area contributed by atoms with Crippen LogP contribution in [0.15, 0.2) is 18.3 Å². The van der Waals surface area contributed by atoms with Crippen LogP contribution < -0.4 is 0 Å². The molecule has 0 N–H and O–H groups in total. The number of hydrogen-bond acceptors (Lipinski definition) is 4. The van der Waals surface area contributed by atoms with Gasteiger partial charge in [0.1, 0.15) is 12.2 Å². The van der Waals surface area contributed by atoms with Gasteiger partial charge < -0.3 is 9.47 Å². The predicted molar refractivity (Wildman–Crippen MR) is 55.6 cm³/mol. The number of carbonyl (C=O) groups is 1. The lowest BCUT2D eigenvalue weighted by Crippen LogP contribution is -2.13. The highest BCUT2D eigenvalue weighted by Gasteiger charge is 2.12. The van der Waals surface area contributed by atoms with Crippen molar-refractivity contribution < 1.29 is 18.7 Å². The summed E-state index contributed by atoms with van der Waals surface area (Å²) >= 11 is 0. The quantitative estimate of drug-likeness (QED) is 0.422. The molecule has 0 aliphatic rings. The van der Waals surface area contributed by atoms with Gasteiger partial charge in [0.15, 0.2) is 0 Å². The molecule has 0 aliphatic heterocycles. The first-order valence-corrected chi connectivity index (χ1v) is 5.11. The second-order valence-electron chi connectivity index (χ2n) is 3.09. The number of rotatable bonds is 6. The molecule has 1 aromatic rings. The molecule has 1 rings (SSSR count). The molecule has 16 heavy (non-hydrogen) atoms. The lowest BCUT2D eigenvalue weighted by molar-refractivity contribution is 0.0313. The Morgan fingerprint density at radius 3 is 2.94 bits per heavy atom. The van der Waals surface area contributed by atoms with Crippen LogP contribution in [0.4, 0.5) is 4.39 Å². The van der Waals surface area contributed by atoms with E-state index < -0.39 is 11.9 Å². The second-order valence-corrected chi connectivity index (χ2v) is 3.09. The Morgan fingerprint density at radius 2 is 2.25 bits per heavy atom. The van der Waals surface area contributed by atoms with Crippen LogP contribution in [0.2, 0.25) is 0 Å². The number of carbonyl (C=O) groups excluding carboxylic acids is 1. The van der Waals surface area contributed by atoms with Gasteiger partial charge in [-0.15, -0.1) is 0 Å². The van der Waals surface area contributed by atoms with Crippen molar-refractivity contribution >= 4 is 5.97 Å². The fourth-order valence-corrected chi connectivity index (χ4v) is 1.06. The lowest BCUT2D eigenvalue weighted by Gasteiger charge is -2.05. The maximum atomic E-state index is 13.0. The van der Waals surface area contributed by atoms with Crippen molar-refractivity contribution in [1.82, 2.24) is 4.98 Å². The Morgan fingerprint density at radius 1 is 1.44 bits per heavy atom. The summed E-state index contributed by atoms with van der Waals surface area (Å²) in [4.78, 5) is 14.7. The zero-order valence-corrected chi connectivity index (χ0v) is 9.11. The van der Waals surface area contributed by atoms with E-state index in [-0.39, 0.29) is 12.2 Å². The minimum atomic E-state index is -0.818. The fourth-order valence-electron chi connectivity index (χ4n) is 1.06. The number of ether oxygens (including phenoxy) is 2. The van der Waals surface area contributed by atoms with E-state index in [4.69, 9.17) is 9.47 Å². The minimum Gasteiger partial charge on any atom is -0.460 e. The van der Waals surface area contributed by atoms with Crippen LogP contribution >= 0.6 is 0 Å². The molecule has 0 bridgehead atoms. The summed E-state index contributed by atoms with van der Waals surface area (Å²) in [7, 11) is 0. The molecule has 5 heteroatoms.